The summed E-state index contributed by atoms with van der Waals surface area (Å²) in [6.07, 6.45) is 3.51. The second-order valence-electron chi connectivity index (χ2n) is 7.74. The lowest BCUT2D eigenvalue weighted by molar-refractivity contribution is -0.138. The van der Waals surface area contributed by atoms with Gasteiger partial charge in [-0.25, -0.2) is 0 Å². The van der Waals surface area contributed by atoms with Gasteiger partial charge in [-0.3, -0.25) is 14.5 Å². The van der Waals surface area contributed by atoms with Crippen molar-refractivity contribution >= 4 is 17.4 Å². The van der Waals surface area contributed by atoms with E-state index in [1.807, 2.05) is 0 Å². The molecule has 1 saturated heterocycles. The number of benzene rings is 1. The Labute approximate surface area is 175 Å². The summed E-state index contributed by atoms with van der Waals surface area (Å²) < 4.78 is 16.1. The molecule has 30 heavy (non-hydrogen) atoms. The van der Waals surface area contributed by atoms with Gasteiger partial charge in [0.15, 0.2) is 11.5 Å². The molecule has 0 saturated carbocycles. The summed E-state index contributed by atoms with van der Waals surface area (Å²) in [6.45, 7) is 3.82. The van der Waals surface area contributed by atoms with Crippen molar-refractivity contribution in [3.63, 3.8) is 0 Å². The van der Waals surface area contributed by atoms with Crippen LogP contribution in [0.15, 0.2) is 46.7 Å². The molecule has 0 bridgehead atoms. The maximum atomic E-state index is 13.4. The van der Waals surface area contributed by atoms with E-state index in [9.17, 15) is 9.59 Å². The van der Waals surface area contributed by atoms with Gasteiger partial charge >= 0.3 is 0 Å². The zero-order chi connectivity index (χ0) is 21.3. The normalized spacial score (nSPS) is 17.8. The second kappa shape index (κ2) is 8.26. The molecular weight excluding hydrogens is 384 g/mol. The highest BCUT2D eigenvalue weighted by molar-refractivity contribution is 6.35. The van der Waals surface area contributed by atoms with Crippen LogP contribution in [0.25, 0.3) is 5.57 Å². The quantitative estimate of drug-likeness (QED) is 0.681. The Morgan fingerprint density at radius 3 is 2.40 bits per heavy atom. The number of imide groups is 1. The summed E-state index contributed by atoms with van der Waals surface area (Å²) in [5.74, 6) is 1.65. The van der Waals surface area contributed by atoms with Gasteiger partial charge in [0.2, 0.25) is 0 Å². The highest BCUT2D eigenvalue weighted by Gasteiger charge is 2.42. The Hall–Kier alpha value is -3.22. The van der Waals surface area contributed by atoms with Crippen LogP contribution in [0.5, 0.6) is 11.5 Å². The van der Waals surface area contributed by atoms with E-state index in [1.165, 1.54) is 11.2 Å². The van der Waals surface area contributed by atoms with Crippen LogP contribution in [0, 0.1) is 5.92 Å². The number of hydrogen-bond donors (Lipinski definition) is 0. The molecule has 4 rings (SSSR count). The number of methoxy groups -OCH3 is 2. The number of hydrogen-bond acceptors (Lipinski definition) is 6. The summed E-state index contributed by atoms with van der Waals surface area (Å²) in [6, 6.07) is 8.81. The molecule has 2 aromatic rings. The monoisotopic (exact) mass is 410 g/mol. The largest absolute Gasteiger partial charge is 0.493 e. The predicted molar refractivity (Wildman–Crippen MR) is 111 cm³/mol. The minimum Gasteiger partial charge on any atom is -0.493 e. The maximum Gasteiger partial charge on any atom is 0.278 e. The van der Waals surface area contributed by atoms with E-state index in [0.29, 0.717) is 40.0 Å². The van der Waals surface area contributed by atoms with Crippen LogP contribution in [-0.2, 0) is 16.1 Å². The topological polar surface area (TPSA) is 72.2 Å². The van der Waals surface area contributed by atoms with E-state index in [4.69, 9.17) is 13.9 Å². The average molecular weight is 410 g/mol. The number of piperidine rings is 1. The number of carbonyl (C=O) groups is 2. The van der Waals surface area contributed by atoms with Crippen molar-refractivity contribution in [1.82, 2.24) is 9.80 Å². The zero-order valence-corrected chi connectivity index (χ0v) is 17.5. The van der Waals surface area contributed by atoms with E-state index >= 15 is 0 Å². The lowest BCUT2D eigenvalue weighted by Crippen LogP contribution is -2.38. The van der Waals surface area contributed by atoms with Crippen molar-refractivity contribution in [3.8, 4) is 11.5 Å². The number of ether oxygens (including phenoxy) is 2. The lowest BCUT2D eigenvalue weighted by atomic mass is 9.97. The molecular formula is C23H26N2O5. The summed E-state index contributed by atoms with van der Waals surface area (Å²) in [4.78, 5) is 30.1. The van der Waals surface area contributed by atoms with Gasteiger partial charge in [0, 0.05) is 13.1 Å². The van der Waals surface area contributed by atoms with Gasteiger partial charge in [-0.2, -0.15) is 0 Å². The standard InChI is InChI=1S/C23H26N2O5/c1-15-8-10-24(11-9-15)21-20(16-6-7-18(28-2)19(13-16)29-3)22(26)25(23(21)27)14-17-5-4-12-30-17/h4-7,12-13,15H,8-11,14H2,1-3H3. The van der Waals surface area contributed by atoms with Crippen LogP contribution in [0.1, 0.15) is 31.1 Å². The van der Waals surface area contributed by atoms with Crippen LogP contribution in [0.2, 0.25) is 0 Å². The summed E-state index contributed by atoms with van der Waals surface area (Å²) >= 11 is 0. The van der Waals surface area contributed by atoms with Crippen molar-refractivity contribution < 1.29 is 23.5 Å². The first-order valence-electron chi connectivity index (χ1n) is 10.1. The first-order chi connectivity index (χ1) is 14.5. The number of carbonyl (C=O) groups excluding carboxylic acids is 2. The summed E-state index contributed by atoms with van der Waals surface area (Å²) in [7, 11) is 3.11. The Balaban J connectivity index is 1.77. The van der Waals surface area contributed by atoms with E-state index in [2.05, 4.69) is 11.8 Å². The van der Waals surface area contributed by atoms with Crippen LogP contribution in [-0.4, -0.2) is 48.9 Å². The molecule has 7 nitrogen and oxygen atoms in total. The Kier molecular flexibility index (Phi) is 5.53. The van der Waals surface area contributed by atoms with Gasteiger partial charge in [-0.1, -0.05) is 13.0 Å². The zero-order valence-electron chi connectivity index (χ0n) is 17.5. The number of amides is 2. The van der Waals surface area contributed by atoms with Crippen molar-refractivity contribution in [3.05, 3.63) is 53.6 Å². The van der Waals surface area contributed by atoms with Gasteiger partial charge in [0.25, 0.3) is 11.8 Å². The van der Waals surface area contributed by atoms with E-state index < -0.39 is 0 Å². The predicted octanol–water partition coefficient (Wildman–Crippen LogP) is 3.31. The fraction of sp³-hybridized carbons (Fsp3) is 0.391. The lowest BCUT2D eigenvalue weighted by Gasteiger charge is -2.32. The minimum atomic E-state index is -0.322. The first-order valence-corrected chi connectivity index (χ1v) is 10.1. The molecule has 2 aliphatic heterocycles. The highest BCUT2D eigenvalue weighted by atomic mass is 16.5. The van der Waals surface area contributed by atoms with E-state index in [-0.39, 0.29) is 18.4 Å². The molecule has 1 fully saturated rings. The Bertz CT molecular complexity index is 971. The molecule has 1 aromatic heterocycles. The molecule has 7 heteroatoms. The summed E-state index contributed by atoms with van der Waals surface area (Å²) in [5.41, 5.74) is 1.51. The fourth-order valence-corrected chi connectivity index (χ4v) is 4.04. The molecule has 3 heterocycles. The van der Waals surface area contributed by atoms with Crippen LogP contribution >= 0.6 is 0 Å². The van der Waals surface area contributed by atoms with Gasteiger partial charge in [0.05, 0.1) is 32.6 Å². The molecule has 0 N–H and O–H groups in total. The van der Waals surface area contributed by atoms with Crippen molar-refractivity contribution in [2.24, 2.45) is 5.92 Å². The van der Waals surface area contributed by atoms with Gasteiger partial charge in [-0.05, 0) is 48.6 Å². The van der Waals surface area contributed by atoms with Crippen LogP contribution in [0.3, 0.4) is 0 Å². The van der Waals surface area contributed by atoms with Crippen molar-refractivity contribution in [2.75, 3.05) is 27.3 Å². The molecule has 158 valence electrons. The Morgan fingerprint density at radius 1 is 1.03 bits per heavy atom. The van der Waals surface area contributed by atoms with E-state index in [1.54, 1.807) is 44.6 Å². The average Bonchev–Trinajstić information content (AvgIpc) is 3.36. The first kappa shape index (κ1) is 20.1. The van der Waals surface area contributed by atoms with Gasteiger partial charge in [0.1, 0.15) is 11.5 Å². The molecule has 0 unspecified atom stereocenters. The molecule has 0 spiro atoms. The highest BCUT2D eigenvalue weighted by Crippen LogP contribution is 2.38. The number of furan rings is 1. The third-order valence-corrected chi connectivity index (χ3v) is 5.81. The van der Waals surface area contributed by atoms with E-state index in [0.717, 1.165) is 25.9 Å². The van der Waals surface area contributed by atoms with Crippen molar-refractivity contribution in [1.29, 1.82) is 0 Å². The third-order valence-electron chi connectivity index (χ3n) is 5.81. The van der Waals surface area contributed by atoms with Gasteiger partial charge in [-0.15, -0.1) is 0 Å². The third kappa shape index (κ3) is 3.56. The molecule has 0 atom stereocenters. The Morgan fingerprint density at radius 2 is 1.77 bits per heavy atom. The smallest absolute Gasteiger partial charge is 0.278 e. The number of likely N-dealkylation sites (tertiary alicyclic amines) is 1. The van der Waals surface area contributed by atoms with Crippen LogP contribution < -0.4 is 9.47 Å². The molecule has 1 aromatic carbocycles. The molecule has 2 amide bonds. The minimum absolute atomic E-state index is 0.106. The molecule has 0 radical (unpaired) electrons. The number of rotatable bonds is 6. The number of nitrogens with zero attached hydrogens (tertiary/aromatic N) is 2. The van der Waals surface area contributed by atoms with Crippen molar-refractivity contribution in [2.45, 2.75) is 26.3 Å². The van der Waals surface area contributed by atoms with Crippen LogP contribution in [0.4, 0.5) is 0 Å². The fourth-order valence-electron chi connectivity index (χ4n) is 4.04. The maximum absolute atomic E-state index is 13.4. The summed E-state index contributed by atoms with van der Waals surface area (Å²) in [5, 5.41) is 0. The molecule has 0 aliphatic carbocycles. The second-order valence-corrected chi connectivity index (χ2v) is 7.74. The van der Waals surface area contributed by atoms with Gasteiger partial charge < -0.3 is 18.8 Å². The SMILES string of the molecule is COc1ccc(C2=C(N3CCC(C)CC3)C(=O)N(Cc3ccco3)C2=O)cc1OC. The molecule has 2 aliphatic rings.